The Morgan fingerprint density at radius 2 is 2.25 bits per heavy atom. The van der Waals surface area contributed by atoms with E-state index in [1.54, 1.807) is 13.8 Å². The van der Waals surface area contributed by atoms with E-state index in [0.29, 0.717) is 0 Å². The van der Waals surface area contributed by atoms with Gasteiger partial charge >= 0.3 is 6.09 Å². The molecule has 0 aliphatic carbocycles. The minimum atomic E-state index is -0.486. The molecule has 8 heavy (non-hydrogen) atoms. The van der Waals surface area contributed by atoms with E-state index in [9.17, 15) is 4.79 Å². The van der Waals surface area contributed by atoms with E-state index in [1.807, 2.05) is 0 Å². The van der Waals surface area contributed by atoms with E-state index in [1.165, 1.54) is 0 Å². The van der Waals surface area contributed by atoms with E-state index in [-0.39, 0.29) is 6.10 Å². The summed E-state index contributed by atoms with van der Waals surface area (Å²) in [4.78, 5) is 10.2. The summed E-state index contributed by atoms with van der Waals surface area (Å²) in [5.74, 6) is 0. The van der Waals surface area contributed by atoms with Crippen molar-refractivity contribution in [3.05, 3.63) is 7.05 Å². The molecule has 0 aliphatic heterocycles. The monoisotopic (exact) mass is 116 g/mol. The maximum Gasteiger partial charge on any atom is 0.407 e. The standard InChI is InChI=1S/C5H10NO2/c1-4(2)8-5(7)6-3/h4H,3H2,1-2H3,(H,6,7). The summed E-state index contributed by atoms with van der Waals surface area (Å²) >= 11 is 0. The lowest BCUT2D eigenvalue weighted by Gasteiger charge is -2.04. The first-order chi connectivity index (χ1) is 3.66. The van der Waals surface area contributed by atoms with Crippen molar-refractivity contribution in [2.75, 3.05) is 0 Å². The van der Waals surface area contributed by atoms with E-state index in [2.05, 4.69) is 17.1 Å². The smallest absolute Gasteiger partial charge is 0.407 e. The summed E-state index contributed by atoms with van der Waals surface area (Å²) in [6, 6.07) is 0. The molecule has 0 fully saturated rings. The van der Waals surface area contributed by atoms with Crippen molar-refractivity contribution in [1.29, 1.82) is 0 Å². The normalized spacial score (nSPS) is 9.00. The second-order valence-electron chi connectivity index (χ2n) is 1.63. The molecule has 0 saturated carbocycles. The van der Waals surface area contributed by atoms with E-state index >= 15 is 0 Å². The summed E-state index contributed by atoms with van der Waals surface area (Å²) in [6.07, 6.45) is -0.559. The molecule has 0 aromatic rings. The zero-order valence-corrected chi connectivity index (χ0v) is 5.10. The van der Waals surface area contributed by atoms with Gasteiger partial charge in [0.25, 0.3) is 0 Å². The van der Waals surface area contributed by atoms with Crippen molar-refractivity contribution < 1.29 is 9.53 Å². The first kappa shape index (κ1) is 7.27. The molecule has 0 spiro atoms. The van der Waals surface area contributed by atoms with Gasteiger partial charge < -0.3 is 10.1 Å². The minimum Gasteiger partial charge on any atom is -0.447 e. The maximum atomic E-state index is 10.2. The Morgan fingerprint density at radius 1 is 1.75 bits per heavy atom. The molecular formula is C5H10NO2. The van der Waals surface area contributed by atoms with E-state index in [4.69, 9.17) is 0 Å². The molecule has 0 aliphatic rings. The lowest BCUT2D eigenvalue weighted by molar-refractivity contribution is 0.119. The van der Waals surface area contributed by atoms with Gasteiger partial charge in [-0.05, 0) is 13.8 Å². The molecular weight excluding hydrogens is 106 g/mol. The van der Waals surface area contributed by atoms with Crippen LogP contribution in [0.5, 0.6) is 0 Å². The van der Waals surface area contributed by atoms with Crippen LogP contribution < -0.4 is 5.32 Å². The second-order valence-corrected chi connectivity index (χ2v) is 1.63. The average molecular weight is 116 g/mol. The number of alkyl carbamates (subject to hydrolysis) is 1. The third kappa shape index (κ3) is 3.46. The Kier molecular flexibility index (Phi) is 2.99. The van der Waals surface area contributed by atoms with Gasteiger partial charge in [0.2, 0.25) is 0 Å². The van der Waals surface area contributed by atoms with Crippen LogP contribution in [-0.4, -0.2) is 12.2 Å². The van der Waals surface area contributed by atoms with E-state index in [0.717, 1.165) is 0 Å². The number of amides is 1. The van der Waals surface area contributed by atoms with Gasteiger partial charge in [0.05, 0.1) is 6.10 Å². The summed E-state index contributed by atoms with van der Waals surface area (Å²) < 4.78 is 4.59. The summed E-state index contributed by atoms with van der Waals surface area (Å²) in [6.45, 7) is 3.55. The fourth-order valence-electron chi connectivity index (χ4n) is 0.256. The van der Waals surface area contributed by atoms with Gasteiger partial charge in [0.1, 0.15) is 0 Å². The molecule has 0 heterocycles. The summed E-state index contributed by atoms with van der Waals surface area (Å²) in [7, 11) is 3.11. The number of carbonyl (C=O) groups excluding carboxylic acids is 1. The molecule has 0 unspecified atom stereocenters. The lowest BCUT2D eigenvalue weighted by Crippen LogP contribution is -2.20. The highest BCUT2D eigenvalue weighted by Crippen LogP contribution is 1.86. The van der Waals surface area contributed by atoms with Gasteiger partial charge in [-0.3, -0.25) is 0 Å². The molecule has 47 valence electrons. The molecule has 0 aromatic heterocycles. The molecule has 3 heteroatoms. The Hall–Kier alpha value is -0.730. The molecule has 0 saturated heterocycles. The summed E-state index contributed by atoms with van der Waals surface area (Å²) in [5.41, 5.74) is 0. The molecule has 0 atom stereocenters. The highest BCUT2D eigenvalue weighted by Gasteiger charge is 1.98. The number of hydrogen-bond acceptors (Lipinski definition) is 2. The first-order valence-corrected chi connectivity index (χ1v) is 2.40. The van der Waals surface area contributed by atoms with Crippen molar-refractivity contribution in [2.45, 2.75) is 20.0 Å². The Labute approximate surface area is 49.0 Å². The van der Waals surface area contributed by atoms with Gasteiger partial charge in [-0.15, -0.1) is 0 Å². The number of carbonyl (C=O) groups is 1. The van der Waals surface area contributed by atoms with Crippen LogP contribution in [0.3, 0.4) is 0 Å². The molecule has 0 bridgehead atoms. The van der Waals surface area contributed by atoms with Crippen LogP contribution in [0.2, 0.25) is 0 Å². The summed E-state index contributed by atoms with van der Waals surface area (Å²) in [5, 5.41) is 2.09. The highest BCUT2D eigenvalue weighted by atomic mass is 16.6. The topological polar surface area (TPSA) is 38.3 Å². The third-order valence-electron chi connectivity index (χ3n) is 0.487. The SMILES string of the molecule is [CH2]NC(=O)OC(C)C. The molecule has 1 N–H and O–H groups in total. The van der Waals surface area contributed by atoms with Crippen LogP contribution in [0.4, 0.5) is 4.79 Å². The van der Waals surface area contributed by atoms with Crippen LogP contribution in [0.25, 0.3) is 0 Å². The van der Waals surface area contributed by atoms with Crippen LogP contribution >= 0.6 is 0 Å². The third-order valence-corrected chi connectivity index (χ3v) is 0.487. The highest BCUT2D eigenvalue weighted by molar-refractivity contribution is 5.67. The van der Waals surface area contributed by atoms with Gasteiger partial charge in [0.15, 0.2) is 0 Å². The van der Waals surface area contributed by atoms with Gasteiger partial charge in [-0.2, -0.15) is 0 Å². The van der Waals surface area contributed by atoms with Crippen LogP contribution in [0, 0.1) is 7.05 Å². The van der Waals surface area contributed by atoms with E-state index < -0.39 is 6.09 Å². The van der Waals surface area contributed by atoms with Crippen molar-refractivity contribution in [1.82, 2.24) is 5.32 Å². The number of hydrogen-bond donors (Lipinski definition) is 1. The van der Waals surface area contributed by atoms with Crippen LogP contribution in [0.1, 0.15) is 13.8 Å². The Bertz CT molecular complexity index is 80.5. The zero-order valence-electron chi connectivity index (χ0n) is 5.10. The van der Waals surface area contributed by atoms with Crippen molar-refractivity contribution in [3.8, 4) is 0 Å². The fraction of sp³-hybridized carbons (Fsp3) is 0.600. The van der Waals surface area contributed by atoms with Crippen molar-refractivity contribution >= 4 is 6.09 Å². The number of nitrogens with one attached hydrogen (secondary N) is 1. The molecule has 3 nitrogen and oxygen atoms in total. The molecule has 0 rings (SSSR count). The average Bonchev–Trinajstić information content (AvgIpc) is 1.65. The second kappa shape index (κ2) is 3.29. The molecule has 0 aromatic carbocycles. The van der Waals surface area contributed by atoms with Crippen molar-refractivity contribution in [2.24, 2.45) is 0 Å². The predicted molar refractivity (Wildman–Crippen MR) is 30.1 cm³/mol. The quantitative estimate of drug-likeness (QED) is 0.553. The Morgan fingerprint density at radius 3 is 2.38 bits per heavy atom. The fourth-order valence-corrected chi connectivity index (χ4v) is 0.256. The molecule has 1 amide bonds. The van der Waals surface area contributed by atoms with Crippen LogP contribution in [-0.2, 0) is 4.74 Å². The minimum absolute atomic E-state index is 0.0725. The van der Waals surface area contributed by atoms with Crippen molar-refractivity contribution in [3.63, 3.8) is 0 Å². The van der Waals surface area contributed by atoms with Gasteiger partial charge in [0, 0.05) is 7.05 Å². The molecule has 1 radical (unpaired) electrons. The number of ether oxygens (including phenoxy) is 1. The van der Waals surface area contributed by atoms with Gasteiger partial charge in [-0.1, -0.05) is 0 Å². The largest absolute Gasteiger partial charge is 0.447 e. The Balaban J connectivity index is 3.25. The maximum absolute atomic E-state index is 10.2. The lowest BCUT2D eigenvalue weighted by atomic mass is 10.5. The number of rotatable bonds is 1. The first-order valence-electron chi connectivity index (χ1n) is 2.40. The van der Waals surface area contributed by atoms with Gasteiger partial charge in [-0.25, -0.2) is 4.79 Å². The zero-order chi connectivity index (χ0) is 6.57. The van der Waals surface area contributed by atoms with Crippen LogP contribution in [0.15, 0.2) is 0 Å². The predicted octanol–water partition coefficient (Wildman–Crippen LogP) is 0.913.